The Hall–Kier alpha value is -1.22. The Morgan fingerprint density at radius 2 is 2.32 bits per heavy atom. The van der Waals surface area contributed by atoms with Crippen LogP contribution in [0.25, 0.3) is 0 Å². The molecule has 104 valence electrons. The Bertz CT molecular complexity index is 471. The number of hydrogen-bond acceptors (Lipinski definition) is 3. The number of rotatable bonds is 2. The minimum Gasteiger partial charge on any atom is -0.497 e. The maximum Gasteiger partial charge on any atom is 0.126 e. The monoisotopic (exact) mass is 262 g/mol. The molecule has 19 heavy (non-hydrogen) atoms. The van der Waals surface area contributed by atoms with Crippen molar-refractivity contribution in [2.75, 3.05) is 7.11 Å². The largest absolute Gasteiger partial charge is 0.497 e. The van der Waals surface area contributed by atoms with Gasteiger partial charge in [0.05, 0.1) is 13.2 Å². The maximum absolute atomic E-state index is 10.5. The lowest BCUT2D eigenvalue weighted by atomic mass is 9.80. The average molecular weight is 262 g/mol. The SMILES string of the molecule is CCC1CCCC12C[C@H](O)c1cc(OC)ccc1O2. The molecule has 3 atom stereocenters. The van der Waals surface area contributed by atoms with Crippen LogP contribution in [-0.2, 0) is 0 Å². The molecule has 1 aromatic rings. The van der Waals surface area contributed by atoms with E-state index >= 15 is 0 Å². The molecule has 1 aliphatic heterocycles. The summed E-state index contributed by atoms with van der Waals surface area (Å²) in [5.74, 6) is 2.17. The van der Waals surface area contributed by atoms with Crippen molar-refractivity contribution in [1.82, 2.24) is 0 Å². The third-order valence-corrected chi connectivity index (χ3v) is 4.82. The molecule has 1 heterocycles. The first-order valence-corrected chi connectivity index (χ1v) is 7.23. The van der Waals surface area contributed by atoms with E-state index in [0.29, 0.717) is 12.3 Å². The van der Waals surface area contributed by atoms with Gasteiger partial charge >= 0.3 is 0 Å². The maximum atomic E-state index is 10.5. The lowest BCUT2D eigenvalue weighted by molar-refractivity contribution is -0.0411. The van der Waals surface area contributed by atoms with E-state index in [2.05, 4.69) is 6.92 Å². The molecule has 1 saturated carbocycles. The zero-order valence-electron chi connectivity index (χ0n) is 11.7. The molecule has 0 radical (unpaired) electrons. The fourth-order valence-electron chi connectivity index (χ4n) is 3.80. The third-order valence-electron chi connectivity index (χ3n) is 4.82. The van der Waals surface area contributed by atoms with Crippen LogP contribution >= 0.6 is 0 Å². The van der Waals surface area contributed by atoms with Gasteiger partial charge < -0.3 is 14.6 Å². The van der Waals surface area contributed by atoms with Crippen LogP contribution in [0.1, 0.15) is 50.7 Å². The topological polar surface area (TPSA) is 38.7 Å². The highest BCUT2D eigenvalue weighted by molar-refractivity contribution is 5.44. The summed E-state index contributed by atoms with van der Waals surface area (Å²) < 4.78 is 11.6. The zero-order chi connectivity index (χ0) is 13.5. The number of ether oxygens (including phenoxy) is 2. The van der Waals surface area contributed by atoms with Crippen LogP contribution in [0.3, 0.4) is 0 Å². The number of aliphatic hydroxyl groups excluding tert-OH is 1. The standard InChI is InChI=1S/C16H22O3/c1-3-11-5-4-8-16(11)10-14(17)13-9-12(18-2)6-7-15(13)19-16/h6-7,9,11,14,17H,3-5,8,10H2,1-2H3/t11?,14-,16?/m0/s1. The molecule has 1 fully saturated rings. The van der Waals surface area contributed by atoms with Crippen molar-refractivity contribution in [3.63, 3.8) is 0 Å². The van der Waals surface area contributed by atoms with Gasteiger partial charge in [-0.1, -0.05) is 6.92 Å². The van der Waals surface area contributed by atoms with Crippen molar-refractivity contribution >= 4 is 0 Å². The lowest BCUT2D eigenvalue weighted by Gasteiger charge is -2.42. The van der Waals surface area contributed by atoms with E-state index in [-0.39, 0.29) is 5.60 Å². The van der Waals surface area contributed by atoms with E-state index < -0.39 is 6.10 Å². The number of methoxy groups -OCH3 is 1. The zero-order valence-corrected chi connectivity index (χ0v) is 11.7. The molecule has 1 aliphatic carbocycles. The molecule has 0 saturated heterocycles. The summed E-state index contributed by atoms with van der Waals surface area (Å²) in [5, 5.41) is 10.5. The van der Waals surface area contributed by atoms with Crippen LogP contribution in [0.2, 0.25) is 0 Å². The van der Waals surface area contributed by atoms with Gasteiger partial charge in [-0.05, 0) is 49.8 Å². The second-order valence-corrected chi connectivity index (χ2v) is 5.79. The normalized spacial score (nSPS) is 33.0. The molecule has 1 N–H and O–H groups in total. The van der Waals surface area contributed by atoms with Crippen LogP contribution in [0, 0.1) is 5.92 Å². The molecular formula is C16H22O3. The molecule has 1 aromatic carbocycles. The molecule has 0 amide bonds. The number of benzene rings is 1. The third kappa shape index (κ3) is 2.00. The summed E-state index contributed by atoms with van der Waals surface area (Å²) in [6.45, 7) is 2.22. The van der Waals surface area contributed by atoms with Crippen molar-refractivity contribution in [3.8, 4) is 11.5 Å². The van der Waals surface area contributed by atoms with Crippen molar-refractivity contribution in [2.24, 2.45) is 5.92 Å². The first-order valence-electron chi connectivity index (χ1n) is 7.23. The van der Waals surface area contributed by atoms with Crippen LogP contribution in [0.5, 0.6) is 11.5 Å². The number of aliphatic hydroxyl groups is 1. The fourth-order valence-corrected chi connectivity index (χ4v) is 3.80. The van der Waals surface area contributed by atoms with Gasteiger partial charge in [-0.15, -0.1) is 0 Å². The van der Waals surface area contributed by atoms with Gasteiger partial charge in [-0.25, -0.2) is 0 Å². The smallest absolute Gasteiger partial charge is 0.126 e. The Morgan fingerprint density at radius 1 is 1.47 bits per heavy atom. The first kappa shape index (κ1) is 12.8. The van der Waals surface area contributed by atoms with Crippen LogP contribution in [0.15, 0.2) is 18.2 Å². The molecule has 1 spiro atoms. The highest BCUT2D eigenvalue weighted by atomic mass is 16.5. The van der Waals surface area contributed by atoms with Crippen LogP contribution in [-0.4, -0.2) is 17.8 Å². The second-order valence-electron chi connectivity index (χ2n) is 5.79. The Morgan fingerprint density at radius 3 is 3.05 bits per heavy atom. The summed E-state index contributed by atoms with van der Waals surface area (Å²) in [6.07, 6.45) is 4.88. The lowest BCUT2D eigenvalue weighted by Crippen LogP contribution is -2.44. The van der Waals surface area contributed by atoms with Crippen molar-refractivity contribution < 1.29 is 14.6 Å². The van der Waals surface area contributed by atoms with E-state index in [1.807, 2.05) is 18.2 Å². The van der Waals surface area contributed by atoms with Gasteiger partial charge in [0.25, 0.3) is 0 Å². The summed E-state index contributed by atoms with van der Waals surface area (Å²) in [5.41, 5.74) is 0.724. The van der Waals surface area contributed by atoms with Crippen LogP contribution < -0.4 is 9.47 Å². The number of fused-ring (bicyclic) bond motifs is 1. The highest BCUT2D eigenvalue weighted by Crippen LogP contribution is 2.51. The molecule has 3 nitrogen and oxygen atoms in total. The van der Waals surface area contributed by atoms with E-state index in [1.54, 1.807) is 7.11 Å². The quantitative estimate of drug-likeness (QED) is 0.887. The summed E-state index contributed by atoms with van der Waals surface area (Å²) in [7, 11) is 1.64. The Kier molecular flexibility index (Phi) is 3.17. The predicted molar refractivity (Wildman–Crippen MR) is 73.6 cm³/mol. The van der Waals surface area contributed by atoms with E-state index in [9.17, 15) is 5.11 Å². The van der Waals surface area contributed by atoms with Crippen molar-refractivity contribution in [2.45, 2.75) is 50.7 Å². The van der Waals surface area contributed by atoms with Gasteiger partial charge in [0.15, 0.2) is 0 Å². The molecule has 0 bridgehead atoms. The van der Waals surface area contributed by atoms with Gasteiger partial charge in [0, 0.05) is 12.0 Å². The van der Waals surface area contributed by atoms with E-state index in [0.717, 1.165) is 29.9 Å². The molecule has 2 aliphatic rings. The van der Waals surface area contributed by atoms with Gasteiger partial charge in [-0.2, -0.15) is 0 Å². The predicted octanol–water partition coefficient (Wildman–Crippen LogP) is 3.46. The van der Waals surface area contributed by atoms with E-state index in [4.69, 9.17) is 9.47 Å². The van der Waals surface area contributed by atoms with Crippen molar-refractivity contribution in [1.29, 1.82) is 0 Å². The molecule has 0 aromatic heterocycles. The minimum atomic E-state index is -0.439. The van der Waals surface area contributed by atoms with Gasteiger partial charge in [-0.3, -0.25) is 0 Å². The molecule has 2 unspecified atom stereocenters. The molecular weight excluding hydrogens is 240 g/mol. The highest BCUT2D eigenvalue weighted by Gasteiger charge is 2.48. The van der Waals surface area contributed by atoms with Crippen LogP contribution in [0.4, 0.5) is 0 Å². The Balaban J connectivity index is 1.96. The van der Waals surface area contributed by atoms with Gasteiger partial charge in [0.2, 0.25) is 0 Å². The summed E-state index contributed by atoms with van der Waals surface area (Å²) >= 11 is 0. The Labute approximate surface area is 114 Å². The summed E-state index contributed by atoms with van der Waals surface area (Å²) in [4.78, 5) is 0. The molecule has 3 heteroatoms. The average Bonchev–Trinajstić information content (AvgIpc) is 2.80. The van der Waals surface area contributed by atoms with E-state index in [1.165, 1.54) is 12.8 Å². The van der Waals surface area contributed by atoms with Gasteiger partial charge in [0.1, 0.15) is 17.1 Å². The first-order chi connectivity index (χ1) is 9.18. The molecule has 3 rings (SSSR count). The second kappa shape index (κ2) is 4.71. The number of hydrogen-bond donors (Lipinski definition) is 1. The minimum absolute atomic E-state index is 0.143. The fraction of sp³-hybridized carbons (Fsp3) is 0.625. The van der Waals surface area contributed by atoms with Crippen molar-refractivity contribution in [3.05, 3.63) is 23.8 Å². The summed E-state index contributed by atoms with van der Waals surface area (Å²) in [6, 6.07) is 5.73.